The number of benzene rings is 2. The molecule has 2 N–H and O–H groups in total. The number of methoxy groups -OCH3 is 1. The normalized spacial score (nSPS) is 18.6. The van der Waals surface area contributed by atoms with Gasteiger partial charge >= 0.3 is 0 Å². The van der Waals surface area contributed by atoms with Crippen LogP contribution in [0.5, 0.6) is 5.75 Å². The van der Waals surface area contributed by atoms with Crippen LogP contribution in [0.25, 0.3) is 0 Å². The molecule has 2 aromatic carbocycles. The summed E-state index contributed by atoms with van der Waals surface area (Å²) in [5.41, 5.74) is 9.12. The quantitative estimate of drug-likeness (QED) is 0.934. The number of rotatable bonds is 4. The monoisotopic (exact) mass is 285 g/mol. The van der Waals surface area contributed by atoms with Crippen molar-refractivity contribution in [3.05, 3.63) is 59.7 Å². The molecule has 104 valence electrons. The Hall–Kier alpha value is -1.45. The highest BCUT2D eigenvalue weighted by molar-refractivity contribution is 7.99. The zero-order valence-corrected chi connectivity index (χ0v) is 12.4. The Bertz CT molecular complexity index is 599. The first-order chi connectivity index (χ1) is 9.78. The van der Waals surface area contributed by atoms with E-state index in [-0.39, 0.29) is 6.04 Å². The molecule has 0 aliphatic carbocycles. The van der Waals surface area contributed by atoms with E-state index in [2.05, 4.69) is 36.4 Å². The third-order valence-electron chi connectivity index (χ3n) is 3.86. The van der Waals surface area contributed by atoms with Crippen LogP contribution >= 0.6 is 11.8 Å². The molecular weight excluding hydrogens is 266 g/mol. The van der Waals surface area contributed by atoms with E-state index in [9.17, 15) is 0 Å². The average molecular weight is 285 g/mol. The van der Waals surface area contributed by atoms with Crippen molar-refractivity contribution < 1.29 is 4.74 Å². The maximum absolute atomic E-state index is 6.46. The van der Waals surface area contributed by atoms with Crippen molar-refractivity contribution in [2.75, 3.05) is 12.9 Å². The molecule has 0 fully saturated rings. The molecule has 2 unspecified atom stereocenters. The number of ether oxygens (including phenoxy) is 1. The Morgan fingerprint density at radius 3 is 2.95 bits per heavy atom. The third kappa shape index (κ3) is 2.69. The van der Waals surface area contributed by atoms with E-state index in [4.69, 9.17) is 10.5 Å². The maximum Gasteiger partial charge on any atom is 0.119 e. The van der Waals surface area contributed by atoms with Gasteiger partial charge in [-0.05, 0) is 35.7 Å². The van der Waals surface area contributed by atoms with Gasteiger partial charge in [0.2, 0.25) is 0 Å². The summed E-state index contributed by atoms with van der Waals surface area (Å²) in [7, 11) is 1.70. The molecule has 2 nitrogen and oxygen atoms in total. The average Bonchev–Trinajstić information content (AvgIpc) is 2.91. The zero-order chi connectivity index (χ0) is 13.9. The number of hydrogen-bond acceptors (Lipinski definition) is 3. The van der Waals surface area contributed by atoms with Crippen molar-refractivity contribution in [2.24, 2.45) is 5.73 Å². The van der Waals surface area contributed by atoms with Crippen molar-refractivity contribution in [1.29, 1.82) is 0 Å². The van der Waals surface area contributed by atoms with E-state index in [1.807, 2.05) is 23.9 Å². The highest BCUT2D eigenvalue weighted by atomic mass is 32.2. The summed E-state index contributed by atoms with van der Waals surface area (Å²) < 4.78 is 5.27. The lowest BCUT2D eigenvalue weighted by Gasteiger charge is -2.20. The minimum absolute atomic E-state index is 0.151. The molecule has 0 spiro atoms. The highest BCUT2D eigenvalue weighted by Crippen LogP contribution is 2.41. The van der Waals surface area contributed by atoms with Crippen LogP contribution < -0.4 is 10.5 Å². The third-order valence-corrected chi connectivity index (χ3v) is 5.07. The van der Waals surface area contributed by atoms with E-state index in [0.29, 0.717) is 5.92 Å². The second-order valence-electron chi connectivity index (χ2n) is 5.17. The van der Waals surface area contributed by atoms with Crippen LogP contribution in [0.2, 0.25) is 0 Å². The van der Waals surface area contributed by atoms with Gasteiger partial charge in [-0.3, -0.25) is 0 Å². The molecule has 0 amide bonds. The summed E-state index contributed by atoms with van der Waals surface area (Å²) in [6.45, 7) is 0. The number of thioether (sulfide) groups is 1. The highest BCUT2D eigenvalue weighted by Gasteiger charge is 2.27. The second-order valence-corrected chi connectivity index (χ2v) is 6.24. The number of nitrogens with two attached hydrogens (primary N) is 1. The van der Waals surface area contributed by atoms with Crippen molar-refractivity contribution in [3.8, 4) is 5.75 Å². The van der Waals surface area contributed by atoms with E-state index < -0.39 is 0 Å². The van der Waals surface area contributed by atoms with Gasteiger partial charge in [-0.25, -0.2) is 0 Å². The fourth-order valence-electron chi connectivity index (χ4n) is 2.76. The van der Waals surface area contributed by atoms with Crippen LogP contribution in [-0.4, -0.2) is 18.9 Å². The Balaban J connectivity index is 1.75. The smallest absolute Gasteiger partial charge is 0.119 e. The minimum atomic E-state index is 0.151. The van der Waals surface area contributed by atoms with Gasteiger partial charge in [0.1, 0.15) is 5.75 Å². The zero-order valence-electron chi connectivity index (χ0n) is 11.6. The Morgan fingerprint density at radius 2 is 2.10 bits per heavy atom. The van der Waals surface area contributed by atoms with Crippen LogP contribution in [0.15, 0.2) is 53.4 Å². The van der Waals surface area contributed by atoms with Crippen molar-refractivity contribution in [1.82, 2.24) is 0 Å². The van der Waals surface area contributed by atoms with Gasteiger partial charge in [0.25, 0.3) is 0 Å². The molecule has 20 heavy (non-hydrogen) atoms. The summed E-state index contributed by atoms with van der Waals surface area (Å²) in [4.78, 5) is 1.39. The topological polar surface area (TPSA) is 35.2 Å². The van der Waals surface area contributed by atoms with Crippen molar-refractivity contribution in [2.45, 2.75) is 23.3 Å². The molecule has 0 saturated carbocycles. The molecule has 2 atom stereocenters. The largest absolute Gasteiger partial charge is 0.497 e. The predicted molar refractivity (Wildman–Crippen MR) is 84.6 cm³/mol. The van der Waals surface area contributed by atoms with Crippen molar-refractivity contribution in [3.63, 3.8) is 0 Å². The minimum Gasteiger partial charge on any atom is -0.497 e. The lowest BCUT2D eigenvalue weighted by molar-refractivity contribution is 0.414. The fourth-order valence-corrected chi connectivity index (χ4v) is 4.10. The lowest BCUT2D eigenvalue weighted by Crippen LogP contribution is -2.30. The Morgan fingerprint density at radius 1 is 1.25 bits per heavy atom. The Kier molecular flexibility index (Phi) is 3.99. The molecule has 1 heterocycles. The van der Waals surface area contributed by atoms with Gasteiger partial charge < -0.3 is 10.5 Å². The molecule has 1 aliphatic heterocycles. The van der Waals surface area contributed by atoms with E-state index in [0.717, 1.165) is 17.9 Å². The van der Waals surface area contributed by atoms with Gasteiger partial charge in [0.15, 0.2) is 0 Å². The van der Waals surface area contributed by atoms with Crippen LogP contribution in [-0.2, 0) is 6.42 Å². The Labute approximate surface area is 124 Å². The number of hydrogen-bond donors (Lipinski definition) is 1. The summed E-state index contributed by atoms with van der Waals surface area (Å²) in [6, 6.07) is 17.0. The van der Waals surface area contributed by atoms with Gasteiger partial charge in [-0.15, -0.1) is 11.8 Å². The molecule has 0 bridgehead atoms. The second kappa shape index (κ2) is 5.90. The van der Waals surface area contributed by atoms with Crippen LogP contribution in [0.1, 0.15) is 17.0 Å². The summed E-state index contributed by atoms with van der Waals surface area (Å²) >= 11 is 1.92. The summed E-state index contributed by atoms with van der Waals surface area (Å²) in [5.74, 6) is 2.43. The van der Waals surface area contributed by atoms with E-state index in [1.165, 1.54) is 16.0 Å². The lowest BCUT2D eigenvalue weighted by atomic mass is 9.90. The molecule has 3 heteroatoms. The first-order valence-corrected chi connectivity index (χ1v) is 7.86. The molecule has 2 aromatic rings. The fraction of sp³-hybridized carbons (Fsp3) is 0.294. The van der Waals surface area contributed by atoms with Gasteiger partial charge in [0.05, 0.1) is 7.11 Å². The SMILES string of the molecule is COc1cccc(CC(N)C2CSc3ccccc32)c1. The van der Waals surface area contributed by atoms with E-state index in [1.54, 1.807) is 7.11 Å². The van der Waals surface area contributed by atoms with Crippen LogP contribution in [0, 0.1) is 0 Å². The molecule has 0 radical (unpaired) electrons. The van der Waals surface area contributed by atoms with Crippen molar-refractivity contribution >= 4 is 11.8 Å². The van der Waals surface area contributed by atoms with Gasteiger partial charge in [-0.2, -0.15) is 0 Å². The predicted octanol–water partition coefficient (Wildman–Crippen LogP) is 3.45. The standard InChI is InChI=1S/C17H19NOS/c1-19-13-6-4-5-12(9-13)10-16(18)15-11-20-17-8-3-2-7-14(15)17/h2-9,15-16H,10-11,18H2,1H3. The molecule has 0 saturated heterocycles. The molecule has 0 aromatic heterocycles. The molecule has 3 rings (SSSR count). The van der Waals surface area contributed by atoms with Crippen LogP contribution in [0.3, 0.4) is 0 Å². The first kappa shape index (κ1) is 13.5. The van der Waals surface area contributed by atoms with Gasteiger partial charge in [-0.1, -0.05) is 30.3 Å². The van der Waals surface area contributed by atoms with E-state index >= 15 is 0 Å². The van der Waals surface area contributed by atoms with Crippen LogP contribution in [0.4, 0.5) is 0 Å². The summed E-state index contributed by atoms with van der Waals surface area (Å²) in [5, 5.41) is 0. The molecular formula is C17H19NOS. The molecule has 1 aliphatic rings. The van der Waals surface area contributed by atoms with Gasteiger partial charge in [0, 0.05) is 22.6 Å². The summed E-state index contributed by atoms with van der Waals surface area (Å²) in [6.07, 6.45) is 0.886. The maximum atomic E-state index is 6.46. The number of fused-ring (bicyclic) bond motifs is 1. The first-order valence-electron chi connectivity index (χ1n) is 6.88.